The van der Waals surface area contributed by atoms with Crippen LogP contribution in [0.1, 0.15) is 29.9 Å². The lowest BCUT2D eigenvalue weighted by atomic mass is 9.97. The maximum Gasteiger partial charge on any atom is 0.230 e. The van der Waals surface area contributed by atoms with Crippen LogP contribution in [0.15, 0.2) is 16.8 Å². The van der Waals surface area contributed by atoms with Crippen molar-refractivity contribution in [3.05, 3.63) is 29.3 Å². The van der Waals surface area contributed by atoms with Crippen LogP contribution in [0, 0.1) is 13.8 Å². The first kappa shape index (κ1) is 17.2. The van der Waals surface area contributed by atoms with E-state index >= 15 is 0 Å². The van der Waals surface area contributed by atoms with E-state index in [0.29, 0.717) is 43.8 Å². The summed E-state index contributed by atoms with van der Waals surface area (Å²) >= 11 is 0. The Hall–Kier alpha value is -2.64. The molecule has 1 atom stereocenters. The molecule has 8 heteroatoms. The Kier molecular flexibility index (Phi) is 4.87. The van der Waals surface area contributed by atoms with E-state index in [2.05, 4.69) is 20.0 Å². The number of ether oxygens (including phenoxy) is 1. The molecular weight excluding hydrogens is 322 g/mol. The molecule has 25 heavy (non-hydrogen) atoms. The summed E-state index contributed by atoms with van der Waals surface area (Å²) < 4.78 is 10.3. The lowest BCUT2D eigenvalue weighted by Gasteiger charge is -2.36. The largest absolute Gasteiger partial charge is 0.481 e. The Morgan fingerprint density at radius 3 is 2.60 bits per heavy atom. The zero-order valence-electron chi connectivity index (χ0n) is 15.0. The molecule has 2 aromatic heterocycles. The highest BCUT2D eigenvalue weighted by Gasteiger charge is 2.29. The highest BCUT2D eigenvalue weighted by Crippen LogP contribution is 2.25. The predicted molar refractivity (Wildman–Crippen MR) is 91.8 cm³/mol. The summed E-state index contributed by atoms with van der Waals surface area (Å²) in [6, 6.07) is 1.72. The van der Waals surface area contributed by atoms with Crippen LogP contribution in [-0.2, 0) is 4.79 Å². The molecule has 8 nitrogen and oxygen atoms in total. The average molecular weight is 345 g/mol. The summed E-state index contributed by atoms with van der Waals surface area (Å²) in [7, 11) is 1.58. The topological polar surface area (TPSA) is 84.6 Å². The lowest BCUT2D eigenvalue weighted by molar-refractivity contribution is -0.132. The second-order valence-corrected chi connectivity index (χ2v) is 6.17. The molecule has 1 amide bonds. The highest BCUT2D eigenvalue weighted by molar-refractivity contribution is 5.84. The molecule has 1 saturated heterocycles. The van der Waals surface area contributed by atoms with Crippen LogP contribution in [0.3, 0.4) is 0 Å². The number of methoxy groups -OCH3 is 1. The molecule has 0 N–H and O–H groups in total. The van der Waals surface area contributed by atoms with Gasteiger partial charge in [-0.1, -0.05) is 5.16 Å². The molecule has 0 spiro atoms. The first-order chi connectivity index (χ1) is 12.0. The standard InChI is InChI=1S/C17H23N5O3/c1-11(15-12(2)20-25-13(15)3)16(23)21-7-9-22(10-8-21)17-18-6-5-14(19-17)24-4/h5-6,11H,7-10H2,1-4H3/t11-/m1/s1. The number of hydrogen-bond acceptors (Lipinski definition) is 7. The first-order valence-electron chi connectivity index (χ1n) is 8.34. The highest BCUT2D eigenvalue weighted by atomic mass is 16.5. The van der Waals surface area contributed by atoms with Crippen LogP contribution in [0.4, 0.5) is 5.95 Å². The van der Waals surface area contributed by atoms with Crippen LogP contribution in [0.2, 0.25) is 0 Å². The van der Waals surface area contributed by atoms with E-state index in [0.717, 1.165) is 11.3 Å². The summed E-state index contributed by atoms with van der Waals surface area (Å²) in [5, 5.41) is 3.95. The number of carbonyl (C=O) groups excluding carboxylic acids is 1. The van der Waals surface area contributed by atoms with E-state index in [-0.39, 0.29) is 11.8 Å². The molecule has 1 aliphatic rings. The van der Waals surface area contributed by atoms with E-state index < -0.39 is 0 Å². The Bertz CT molecular complexity index is 733. The maximum absolute atomic E-state index is 12.8. The smallest absolute Gasteiger partial charge is 0.230 e. The van der Waals surface area contributed by atoms with Gasteiger partial charge in [0, 0.05) is 44.0 Å². The molecule has 3 heterocycles. The van der Waals surface area contributed by atoms with Crippen LogP contribution >= 0.6 is 0 Å². The fourth-order valence-corrected chi connectivity index (χ4v) is 3.23. The SMILES string of the molecule is COc1ccnc(N2CCN(C(=O)[C@H](C)c3c(C)noc3C)CC2)n1. The van der Waals surface area contributed by atoms with E-state index in [9.17, 15) is 4.79 Å². The molecule has 2 aromatic rings. The number of piperazine rings is 1. The molecule has 0 saturated carbocycles. The number of rotatable bonds is 4. The van der Waals surface area contributed by atoms with E-state index in [1.807, 2.05) is 25.7 Å². The van der Waals surface area contributed by atoms with Crippen LogP contribution in [0.25, 0.3) is 0 Å². The van der Waals surface area contributed by atoms with Crippen molar-refractivity contribution in [1.82, 2.24) is 20.0 Å². The van der Waals surface area contributed by atoms with Gasteiger partial charge >= 0.3 is 0 Å². The minimum Gasteiger partial charge on any atom is -0.481 e. The average Bonchev–Trinajstić information content (AvgIpc) is 2.99. The minimum atomic E-state index is -0.258. The van der Waals surface area contributed by atoms with E-state index in [1.54, 1.807) is 19.4 Å². The molecule has 0 bridgehead atoms. The quantitative estimate of drug-likeness (QED) is 0.831. The predicted octanol–water partition coefficient (Wildman–Crippen LogP) is 1.54. The molecule has 0 aliphatic carbocycles. The van der Waals surface area contributed by atoms with Crippen molar-refractivity contribution in [1.29, 1.82) is 0 Å². The normalized spacial score (nSPS) is 16.0. The Labute approximate surface area is 146 Å². The Morgan fingerprint density at radius 1 is 1.28 bits per heavy atom. The second-order valence-electron chi connectivity index (χ2n) is 6.17. The monoisotopic (exact) mass is 345 g/mol. The van der Waals surface area contributed by atoms with Crippen molar-refractivity contribution in [2.24, 2.45) is 0 Å². The fraction of sp³-hybridized carbons (Fsp3) is 0.529. The lowest BCUT2D eigenvalue weighted by Crippen LogP contribution is -2.50. The minimum absolute atomic E-state index is 0.0978. The number of aromatic nitrogens is 3. The molecular formula is C17H23N5O3. The van der Waals surface area contributed by atoms with Gasteiger partial charge in [-0.15, -0.1) is 0 Å². The Morgan fingerprint density at radius 2 is 2.00 bits per heavy atom. The van der Waals surface area contributed by atoms with Gasteiger partial charge in [0.05, 0.1) is 18.7 Å². The number of hydrogen-bond donors (Lipinski definition) is 0. The number of amides is 1. The molecule has 0 unspecified atom stereocenters. The summed E-state index contributed by atoms with van der Waals surface area (Å²) in [4.78, 5) is 25.4. The van der Waals surface area contributed by atoms with Crippen LogP contribution < -0.4 is 9.64 Å². The van der Waals surface area contributed by atoms with Gasteiger partial charge in [-0.2, -0.15) is 4.98 Å². The van der Waals surface area contributed by atoms with Gasteiger partial charge in [0.25, 0.3) is 0 Å². The molecule has 1 aliphatic heterocycles. The van der Waals surface area contributed by atoms with Gasteiger partial charge in [-0.05, 0) is 20.8 Å². The molecule has 1 fully saturated rings. The third-order valence-electron chi connectivity index (χ3n) is 4.59. The summed E-state index contributed by atoms with van der Waals surface area (Å²) in [6.07, 6.45) is 1.68. The van der Waals surface area contributed by atoms with E-state index in [4.69, 9.17) is 9.26 Å². The molecule has 3 rings (SSSR count). The van der Waals surface area contributed by atoms with Gasteiger partial charge in [0.1, 0.15) is 5.76 Å². The molecule has 0 aromatic carbocycles. The fourth-order valence-electron chi connectivity index (χ4n) is 3.23. The van der Waals surface area contributed by atoms with Crippen molar-refractivity contribution in [3.8, 4) is 5.88 Å². The maximum atomic E-state index is 12.8. The van der Waals surface area contributed by atoms with Crippen LogP contribution in [-0.4, -0.2) is 59.2 Å². The van der Waals surface area contributed by atoms with Crippen molar-refractivity contribution in [2.75, 3.05) is 38.2 Å². The second kappa shape index (κ2) is 7.08. The number of carbonyl (C=O) groups is 1. The van der Waals surface area contributed by atoms with Gasteiger partial charge < -0.3 is 19.1 Å². The van der Waals surface area contributed by atoms with Crippen molar-refractivity contribution < 1.29 is 14.1 Å². The van der Waals surface area contributed by atoms with Gasteiger partial charge in [0.15, 0.2) is 0 Å². The van der Waals surface area contributed by atoms with Crippen molar-refractivity contribution in [3.63, 3.8) is 0 Å². The summed E-state index contributed by atoms with van der Waals surface area (Å²) in [5.74, 6) is 1.72. The van der Waals surface area contributed by atoms with Gasteiger partial charge in [-0.3, -0.25) is 4.79 Å². The third kappa shape index (κ3) is 3.42. The van der Waals surface area contributed by atoms with E-state index in [1.165, 1.54) is 0 Å². The molecule has 134 valence electrons. The third-order valence-corrected chi connectivity index (χ3v) is 4.59. The summed E-state index contributed by atoms with van der Waals surface area (Å²) in [6.45, 7) is 8.26. The number of nitrogens with zero attached hydrogens (tertiary/aromatic N) is 5. The van der Waals surface area contributed by atoms with Crippen molar-refractivity contribution in [2.45, 2.75) is 26.7 Å². The van der Waals surface area contributed by atoms with Gasteiger partial charge in [0.2, 0.25) is 17.7 Å². The molecule has 0 radical (unpaired) electrons. The zero-order valence-corrected chi connectivity index (χ0v) is 15.0. The summed E-state index contributed by atoms with van der Waals surface area (Å²) in [5.41, 5.74) is 1.67. The first-order valence-corrected chi connectivity index (χ1v) is 8.34. The number of anilines is 1. The number of aryl methyl sites for hydroxylation is 2. The Balaban J connectivity index is 1.64. The van der Waals surface area contributed by atoms with Crippen LogP contribution in [0.5, 0.6) is 5.88 Å². The van der Waals surface area contributed by atoms with Crippen molar-refractivity contribution >= 4 is 11.9 Å². The van der Waals surface area contributed by atoms with Gasteiger partial charge in [-0.25, -0.2) is 4.98 Å². The zero-order chi connectivity index (χ0) is 18.0.